The molecule has 0 spiro atoms. The van der Waals surface area contributed by atoms with E-state index >= 15 is 0 Å². The minimum absolute atomic E-state index is 0.0471. The molecular formula is C16H14F2N2O2. The predicted molar refractivity (Wildman–Crippen MR) is 78.4 cm³/mol. The number of halogens is 2. The zero-order valence-electron chi connectivity index (χ0n) is 11.6. The molecule has 2 aromatic carbocycles. The molecule has 0 atom stereocenters. The lowest BCUT2D eigenvalue weighted by atomic mass is 10.2. The van der Waals surface area contributed by atoms with Gasteiger partial charge in [-0.05, 0) is 24.3 Å². The maximum absolute atomic E-state index is 13.4. The van der Waals surface area contributed by atoms with Gasteiger partial charge in [0, 0.05) is 24.6 Å². The van der Waals surface area contributed by atoms with E-state index in [0.29, 0.717) is 5.56 Å². The Kier molecular flexibility index (Phi) is 5.19. The first-order chi connectivity index (χ1) is 10.6. The topological polar surface area (TPSA) is 58.2 Å². The average Bonchev–Trinajstić information content (AvgIpc) is 2.51. The summed E-state index contributed by atoms with van der Waals surface area (Å²) in [4.78, 5) is 23.4. The minimum atomic E-state index is -0.719. The summed E-state index contributed by atoms with van der Waals surface area (Å²) in [6, 6.07) is 11.3. The molecule has 114 valence electrons. The lowest BCUT2D eigenvalue weighted by Gasteiger charge is -2.07. The zero-order valence-corrected chi connectivity index (χ0v) is 11.6. The Bertz CT molecular complexity index is 675. The molecule has 2 amide bonds. The van der Waals surface area contributed by atoms with Crippen LogP contribution in [0.1, 0.15) is 16.8 Å². The maximum Gasteiger partial charge on any atom is 0.251 e. The molecule has 0 aliphatic rings. The Morgan fingerprint density at radius 3 is 2.45 bits per heavy atom. The molecule has 0 fully saturated rings. The third-order valence-corrected chi connectivity index (χ3v) is 2.88. The van der Waals surface area contributed by atoms with Crippen LogP contribution < -0.4 is 10.6 Å². The number of carbonyl (C=O) groups is 2. The highest BCUT2D eigenvalue weighted by Crippen LogP contribution is 2.15. The lowest BCUT2D eigenvalue weighted by Crippen LogP contribution is -2.27. The van der Waals surface area contributed by atoms with E-state index in [4.69, 9.17) is 0 Å². The van der Waals surface area contributed by atoms with E-state index in [0.717, 1.165) is 18.2 Å². The van der Waals surface area contributed by atoms with Crippen molar-refractivity contribution >= 4 is 17.5 Å². The van der Waals surface area contributed by atoms with Crippen LogP contribution in [0, 0.1) is 11.6 Å². The molecule has 0 aliphatic carbocycles. The molecule has 0 aliphatic heterocycles. The molecule has 2 aromatic rings. The van der Waals surface area contributed by atoms with Crippen molar-refractivity contribution in [3.63, 3.8) is 0 Å². The van der Waals surface area contributed by atoms with Crippen LogP contribution in [0.2, 0.25) is 0 Å². The number of anilines is 1. The number of benzene rings is 2. The SMILES string of the molecule is O=C(CCNC(=O)c1ccccc1)Nc1cc(F)ccc1F. The summed E-state index contributed by atoms with van der Waals surface area (Å²) >= 11 is 0. The van der Waals surface area contributed by atoms with Gasteiger partial charge >= 0.3 is 0 Å². The van der Waals surface area contributed by atoms with Crippen LogP contribution in [-0.4, -0.2) is 18.4 Å². The fraction of sp³-hybridized carbons (Fsp3) is 0.125. The van der Waals surface area contributed by atoms with Gasteiger partial charge in [-0.15, -0.1) is 0 Å². The molecule has 6 heteroatoms. The number of rotatable bonds is 5. The highest BCUT2D eigenvalue weighted by molar-refractivity contribution is 5.95. The summed E-state index contributed by atoms with van der Waals surface area (Å²) in [6.45, 7) is 0.0937. The molecule has 0 saturated heterocycles. The molecule has 4 nitrogen and oxygen atoms in total. The molecule has 0 saturated carbocycles. The second kappa shape index (κ2) is 7.31. The molecule has 2 rings (SSSR count). The van der Waals surface area contributed by atoms with Crippen LogP contribution in [0.5, 0.6) is 0 Å². The summed E-state index contributed by atoms with van der Waals surface area (Å²) in [5, 5.41) is 4.83. The minimum Gasteiger partial charge on any atom is -0.352 e. The Hall–Kier alpha value is -2.76. The van der Waals surface area contributed by atoms with Crippen molar-refractivity contribution in [2.45, 2.75) is 6.42 Å². The van der Waals surface area contributed by atoms with Crippen LogP contribution in [-0.2, 0) is 4.79 Å². The largest absolute Gasteiger partial charge is 0.352 e. The number of nitrogens with one attached hydrogen (secondary N) is 2. The highest BCUT2D eigenvalue weighted by Gasteiger charge is 2.09. The fourth-order valence-electron chi connectivity index (χ4n) is 1.79. The molecule has 0 unspecified atom stereocenters. The van der Waals surface area contributed by atoms with Crippen molar-refractivity contribution in [3.05, 3.63) is 65.7 Å². The fourth-order valence-corrected chi connectivity index (χ4v) is 1.79. The Morgan fingerprint density at radius 1 is 1.00 bits per heavy atom. The van der Waals surface area contributed by atoms with Gasteiger partial charge in [-0.1, -0.05) is 18.2 Å². The highest BCUT2D eigenvalue weighted by atomic mass is 19.1. The number of amides is 2. The third-order valence-electron chi connectivity index (χ3n) is 2.88. The van der Waals surface area contributed by atoms with E-state index in [9.17, 15) is 18.4 Å². The van der Waals surface area contributed by atoms with Crippen LogP contribution in [0.3, 0.4) is 0 Å². The standard InChI is InChI=1S/C16H14F2N2O2/c17-12-6-7-13(18)14(10-12)20-15(21)8-9-19-16(22)11-4-2-1-3-5-11/h1-7,10H,8-9H2,(H,19,22)(H,20,21). The quantitative estimate of drug-likeness (QED) is 0.892. The van der Waals surface area contributed by atoms with Gasteiger partial charge in [0.2, 0.25) is 5.91 Å². The predicted octanol–water partition coefficient (Wildman–Crippen LogP) is 2.72. The molecule has 2 N–H and O–H groups in total. The molecule has 0 radical (unpaired) electrons. The molecule has 0 bridgehead atoms. The van der Waals surface area contributed by atoms with E-state index in [1.54, 1.807) is 30.3 Å². The summed E-state index contributed by atoms with van der Waals surface area (Å²) in [6.07, 6.45) is -0.0471. The van der Waals surface area contributed by atoms with Gasteiger partial charge in [0.25, 0.3) is 5.91 Å². The van der Waals surface area contributed by atoms with Gasteiger partial charge in [0.15, 0.2) is 0 Å². The van der Waals surface area contributed by atoms with E-state index in [1.165, 1.54) is 0 Å². The van der Waals surface area contributed by atoms with E-state index in [-0.39, 0.29) is 24.6 Å². The first-order valence-corrected chi connectivity index (χ1v) is 6.64. The second-order valence-corrected chi connectivity index (χ2v) is 4.54. The maximum atomic E-state index is 13.4. The molecule has 0 heterocycles. The normalized spacial score (nSPS) is 10.1. The summed E-state index contributed by atoms with van der Waals surface area (Å²) in [7, 11) is 0. The Labute approximate surface area is 126 Å². The van der Waals surface area contributed by atoms with Gasteiger partial charge in [0.1, 0.15) is 11.6 Å². The van der Waals surface area contributed by atoms with Crippen molar-refractivity contribution < 1.29 is 18.4 Å². The number of hydrogen-bond donors (Lipinski definition) is 2. The van der Waals surface area contributed by atoms with E-state index < -0.39 is 17.5 Å². The third kappa shape index (κ3) is 4.37. The Morgan fingerprint density at radius 2 is 1.73 bits per heavy atom. The lowest BCUT2D eigenvalue weighted by molar-refractivity contribution is -0.116. The number of carbonyl (C=O) groups excluding carboxylic acids is 2. The first-order valence-electron chi connectivity index (χ1n) is 6.64. The van der Waals surface area contributed by atoms with Crippen molar-refractivity contribution in [2.75, 3.05) is 11.9 Å². The smallest absolute Gasteiger partial charge is 0.251 e. The summed E-state index contributed by atoms with van der Waals surface area (Å²) < 4.78 is 26.3. The Balaban J connectivity index is 1.81. The second-order valence-electron chi connectivity index (χ2n) is 4.54. The number of hydrogen-bond acceptors (Lipinski definition) is 2. The zero-order chi connectivity index (χ0) is 15.9. The molecular weight excluding hydrogens is 290 g/mol. The van der Waals surface area contributed by atoms with Crippen molar-refractivity contribution in [2.24, 2.45) is 0 Å². The van der Waals surface area contributed by atoms with Gasteiger partial charge < -0.3 is 10.6 Å². The van der Waals surface area contributed by atoms with Crippen LogP contribution in [0.25, 0.3) is 0 Å². The van der Waals surface area contributed by atoms with Gasteiger partial charge in [0.05, 0.1) is 5.69 Å². The first kappa shape index (κ1) is 15.6. The van der Waals surface area contributed by atoms with Crippen molar-refractivity contribution in [1.29, 1.82) is 0 Å². The van der Waals surface area contributed by atoms with E-state index in [2.05, 4.69) is 10.6 Å². The molecule has 0 aromatic heterocycles. The van der Waals surface area contributed by atoms with E-state index in [1.807, 2.05) is 0 Å². The summed E-state index contributed by atoms with van der Waals surface area (Å²) in [5.74, 6) is -2.18. The monoisotopic (exact) mass is 304 g/mol. The van der Waals surface area contributed by atoms with Crippen LogP contribution in [0.15, 0.2) is 48.5 Å². The van der Waals surface area contributed by atoms with Gasteiger partial charge in [-0.3, -0.25) is 9.59 Å². The van der Waals surface area contributed by atoms with Crippen LogP contribution >= 0.6 is 0 Å². The summed E-state index contributed by atoms with van der Waals surface area (Å²) in [5.41, 5.74) is 0.262. The average molecular weight is 304 g/mol. The van der Waals surface area contributed by atoms with Crippen molar-refractivity contribution in [1.82, 2.24) is 5.32 Å². The molecule has 22 heavy (non-hydrogen) atoms. The van der Waals surface area contributed by atoms with Gasteiger partial charge in [-0.2, -0.15) is 0 Å². The van der Waals surface area contributed by atoms with Crippen molar-refractivity contribution in [3.8, 4) is 0 Å². The van der Waals surface area contributed by atoms with Crippen LogP contribution in [0.4, 0.5) is 14.5 Å². The van der Waals surface area contributed by atoms with Gasteiger partial charge in [-0.25, -0.2) is 8.78 Å².